The topological polar surface area (TPSA) is 130 Å². The first kappa shape index (κ1) is 30.8. The number of fused-ring (bicyclic) bond motifs is 1. The van der Waals surface area contributed by atoms with Gasteiger partial charge in [-0.15, -0.1) is 0 Å². The highest BCUT2D eigenvalue weighted by atomic mass is 32.1. The van der Waals surface area contributed by atoms with Gasteiger partial charge in [-0.2, -0.15) is 0 Å². The fourth-order valence-corrected chi connectivity index (χ4v) is 7.21. The number of hydrogen-bond donors (Lipinski definition) is 2. The van der Waals surface area contributed by atoms with Gasteiger partial charge < -0.3 is 24.8 Å². The highest BCUT2D eigenvalue weighted by molar-refractivity contribution is 7.22. The van der Waals surface area contributed by atoms with E-state index in [0.29, 0.717) is 30.1 Å². The molecule has 3 aromatic rings. The molecular formula is C32H42N6O5S. The first-order valence-electron chi connectivity index (χ1n) is 15.6. The van der Waals surface area contributed by atoms with Crippen molar-refractivity contribution in [3.05, 3.63) is 36.4 Å². The van der Waals surface area contributed by atoms with Gasteiger partial charge in [0.25, 0.3) is 0 Å². The second-order valence-electron chi connectivity index (χ2n) is 13.3. The lowest BCUT2D eigenvalue weighted by atomic mass is 9.78. The number of nitrogens with one attached hydrogen (secondary N) is 1. The van der Waals surface area contributed by atoms with E-state index in [2.05, 4.69) is 32.1 Å². The zero-order valence-corrected chi connectivity index (χ0v) is 26.7. The van der Waals surface area contributed by atoms with Crippen molar-refractivity contribution < 1.29 is 24.2 Å². The van der Waals surface area contributed by atoms with Crippen molar-refractivity contribution in [1.82, 2.24) is 24.8 Å². The first-order valence-corrected chi connectivity index (χ1v) is 16.4. The number of aliphatic hydroxyl groups is 1. The minimum absolute atomic E-state index is 0.0110. The third-order valence-electron chi connectivity index (χ3n) is 8.78. The number of aromatic nitrogens is 3. The number of carbonyl (C=O) groups excluding carboxylic acids is 2. The standard InChI is InChI=1S/C32H42N6O5S/c1-19-17-37(31(41)43-32(2,3)4)10-11-38(19)23-12-21(13-23)29(40)36-30-35-24-9-8-20(14-27(24)44-30)22-15-33-28(34-16-22)18-42-26-7-5-6-25(26)39/h8-9,14-16,19,21,23,25-26,39H,5-7,10-13,17-18H2,1-4H3,(H,35,36,40)/t19-,21?,23?,25-,26-/m0/s1. The number of carbonyl (C=O) groups is 2. The average molecular weight is 623 g/mol. The van der Waals surface area contributed by atoms with Crippen LogP contribution in [0.3, 0.4) is 0 Å². The van der Waals surface area contributed by atoms with Crippen LogP contribution in [0.2, 0.25) is 0 Å². The summed E-state index contributed by atoms with van der Waals surface area (Å²) in [6, 6.07) is 6.54. The van der Waals surface area contributed by atoms with Gasteiger partial charge in [0.15, 0.2) is 11.0 Å². The van der Waals surface area contributed by atoms with E-state index in [0.717, 1.165) is 60.0 Å². The minimum atomic E-state index is -0.504. The number of benzene rings is 1. The van der Waals surface area contributed by atoms with E-state index in [1.54, 1.807) is 17.3 Å². The molecule has 3 atom stereocenters. The summed E-state index contributed by atoms with van der Waals surface area (Å²) >= 11 is 1.46. The van der Waals surface area contributed by atoms with E-state index in [1.807, 2.05) is 39.0 Å². The molecule has 1 aliphatic heterocycles. The highest BCUT2D eigenvalue weighted by Crippen LogP contribution is 2.36. The van der Waals surface area contributed by atoms with Gasteiger partial charge >= 0.3 is 6.09 Å². The first-order chi connectivity index (χ1) is 21.0. The molecule has 2 N–H and O–H groups in total. The molecule has 2 amide bonds. The number of anilines is 1. The molecular weight excluding hydrogens is 580 g/mol. The Morgan fingerprint density at radius 1 is 1.11 bits per heavy atom. The lowest BCUT2D eigenvalue weighted by molar-refractivity contribution is -0.125. The van der Waals surface area contributed by atoms with E-state index in [1.165, 1.54) is 11.3 Å². The molecule has 0 unspecified atom stereocenters. The van der Waals surface area contributed by atoms with Gasteiger partial charge in [0.1, 0.15) is 12.2 Å². The molecule has 11 nitrogen and oxygen atoms in total. The monoisotopic (exact) mass is 622 g/mol. The molecule has 0 spiro atoms. The van der Waals surface area contributed by atoms with Gasteiger partial charge in [0.05, 0.1) is 22.4 Å². The fourth-order valence-electron chi connectivity index (χ4n) is 6.31. The maximum atomic E-state index is 13.1. The summed E-state index contributed by atoms with van der Waals surface area (Å²) in [4.78, 5) is 43.3. The van der Waals surface area contributed by atoms with Crippen LogP contribution in [0.15, 0.2) is 30.6 Å². The summed E-state index contributed by atoms with van der Waals surface area (Å²) in [6.07, 6.45) is 7.02. The van der Waals surface area contributed by atoms with Crippen molar-refractivity contribution in [3.8, 4) is 11.1 Å². The van der Waals surface area contributed by atoms with Crippen LogP contribution >= 0.6 is 11.3 Å². The molecule has 236 valence electrons. The maximum Gasteiger partial charge on any atom is 0.410 e. The molecule has 44 heavy (non-hydrogen) atoms. The second-order valence-corrected chi connectivity index (χ2v) is 14.3. The van der Waals surface area contributed by atoms with Crippen molar-refractivity contribution in [2.45, 2.75) is 96.3 Å². The molecule has 1 saturated heterocycles. The molecule has 1 aromatic carbocycles. The summed E-state index contributed by atoms with van der Waals surface area (Å²) in [7, 11) is 0. The van der Waals surface area contributed by atoms with Crippen molar-refractivity contribution in [2.24, 2.45) is 5.92 Å². The van der Waals surface area contributed by atoms with Crippen LogP contribution in [-0.2, 0) is 20.9 Å². The van der Waals surface area contributed by atoms with Gasteiger partial charge in [0.2, 0.25) is 5.91 Å². The smallest absolute Gasteiger partial charge is 0.410 e. The van der Waals surface area contributed by atoms with Crippen LogP contribution in [0, 0.1) is 5.92 Å². The Morgan fingerprint density at radius 2 is 1.89 bits per heavy atom. The summed E-state index contributed by atoms with van der Waals surface area (Å²) in [5, 5.41) is 13.6. The average Bonchev–Trinajstić information content (AvgIpc) is 3.55. The number of nitrogens with zero attached hydrogens (tertiary/aromatic N) is 5. The Hall–Kier alpha value is -3.19. The highest BCUT2D eigenvalue weighted by Gasteiger charge is 2.42. The lowest BCUT2D eigenvalue weighted by Crippen LogP contribution is -2.60. The van der Waals surface area contributed by atoms with Crippen LogP contribution < -0.4 is 5.32 Å². The van der Waals surface area contributed by atoms with Crippen molar-refractivity contribution in [2.75, 3.05) is 25.0 Å². The lowest BCUT2D eigenvalue weighted by Gasteiger charge is -2.49. The molecule has 2 aliphatic carbocycles. The third kappa shape index (κ3) is 7.03. The number of amides is 2. The minimum Gasteiger partial charge on any atom is -0.444 e. The van der Waals surface area contributed by atoms with Crippen LogP contribution in [0.1, 0.15) is 65.6 Å². The number of hydrogen-bond acceptors (Lipinski definition) is 10. The molecule has 2 aromatic heterocycles. The molecule has 12 heteroatoms. The van der Waals surface area contributed by atoms with Crippen molar-refractivity contribution in [3.63, 3.8) is 0 Å². The van der Waals surface area contributed by atoms with Crippen LogP contribution in [0.5, 0.6) is 0 Å². The van der Waals surface area contributed by atoms with Crippen molar-refractivity contribution in [1.29, 1.82) is 0 Å². The van der Waals surface area contributed by atoms with Gasteiger partial charge in [-0.25, -0.2) is 19.7 Å². The van der Waals surface area contributed by atoms with Crippen LogP contribution in [0.25, 0.3) is 21.3 Å². The van der Waals surface area contributed by atoms with Gasteiger partial charge in [-0.05, 0) is 77.5 Å². The van der Waals surface area contributed by atoms with Crippen LogP contribution in [-0.4, -0.2) is 91.4 Å². The zero-order chi connectivity index (χ0) is 31.0. The predicted molar refractivity (Wildman–Crippen MR) is 168 cm³/mol. The second kappa shape index (κ2) is 12.7. The summed E-state index contributed by atoms with van der Waals surface area (Å²) in [5.41, 5.74) is 2.19. The molecule has 3 aliphatic rings. The number of thiazole rings is 1. The quantitative estimate of drug-likeness (QED) is 0.380. The fraction of sp³-hybridized carbons (Fsp3) is 0.594. The third-order valence-corrected chi connectivity index (χ3v) is 9.72. The summed E-state index contributed by atoms with van der Waals surface area (Å²) < 4.78 is 12.3. The predicted octanol–water partition coefficient (Wildman–Crippen LogP) is 4.84. The molecule has 3 fully saturated rings. The van der Waals surface area contributed by atoms with Gasteiger partial charge in [0, 0.05) is 55.6 Å². The molecule has 0 bridgehead atoms. The molecule has 3 heterocycles. The number of rotatable bonds is 7. The largest absolute Gasteiger partial charge is 0.444 e. The number of piperazine rings is 1. The normalized spacial score (nSPS) is 26.0. The summed E-state index contributed by atoms with van der Waals surface area (Å²) in [6.45, 7) is 10.1. The van der Waals surface area contributed by atoms with Gasteiger partial charge in [-0.1, -0.05) is 17.4 Å². The number of aliphatic hydroxyl groups excluding tert-OH is 1. The maximum absolute atomic E-state index is 13.1. The van der Waals surface area contributed by atoms with Crippen LogP contribution in [0.4, 0.5) is 9.93 Å². The Morgan fingerprint density at radius 3 is 2.57 bits per heavy atom. The van der Waals surface area contributed by atoms with Gasteiger partial charge in [-0.3, -0.25) is 9.69 Å². The van der Waals surface area contributed by atoms with E-state index in [4.69, 9.17) is 9.47 Å². The number of ether oxygens (including phenoxy) is 2. The SMILES string of the molecule is C[C@H]1CN(C(=O)OC(C)(C)C)CCN1C1CC(C(=O)Nc2nc3ccc(-c4cnc(CO[C@H]5CCC[C@@H]5O)nc4)cc3s2)C1. The van der Waals surface area contributed by atoms with E-state index in [9.17, 15) is 14.7 Å². The summed E-state index contributed by atoms with van der Waals surface area (Å²) in [5.74, 6) is 0.555. The Labute approximate surface area is 262 Å². The van der Waals surface area contributed by atoms with E-state index in [-0.39, 0.29) is 36.7 Å². The molecule has 2 saturated carbocycles. The Kier molecular flexibility index (Phi) is 8.87. The Balaban J connectivity index is 0.991. The molecule has 0 radical (unpaired) electrons. The Bertz CT molecular complexity index is 1480. The van der Waals surface area contributed by atoms with E-state index >= 15 is 0 Å². The molecule has 6 rings (SSSR count). The van der Waals surface area contributed by atoms with E-state index < -0.39 is 11.7 Å². The van der Waals surface area contributed by atoms with Crippen molar-refractivity contribution >= 4 is 38.7 Å². The zero-order valence-electron chi connectivity index (χ0n) is 25.9.